The number of benzene rings is 1. The molecule has 0 atom stereocenters. The molecular weight excluding hydrogens is 340 g/mol. The molecule has 2 rings (SSSR count). The van der Waals surface area contributed by atoms with Crippen LogP contribution in [-0.4, -0.2) is 17.4 Å². The Kier molecular flexibility index (Phi) is 4.07. The van der Waals surface area contributed by atoms with Gasteiger partial charge in [-0.25, -0.2) is 17.4 Å². The van der Waals surface area contributed by atoms with Crippen LogP contribution in [0, 0.1) is 20.8 Å². The van der Waals surface area contributed by atoms with Gasteiger partial charge in [-0.15, -0.1) is 0 Å². The molecule has 0 bridgehead atoms. The minimum atomic E-state index is -3.60. The Morgan fingerprint density at radius 1 is 1.20 bits per heavy atom. The van der Waals surface area contributed by atoms with E-state index in [4.69, 9.17) is 0 Å². The van der Waals surface area contributed by atoms with Crippen LogP contribution in [0.5, 0.6) is 0 Å². The van der Waals surface area contributed by atoms with E-state index in [-0.39, 0.29) is 0 Å². The van der Waals surface area contributed by atoms with Gasteiger partial charge in [-0.3, -0.25) is 0 Å². The second kappa shape index (κ2) is 5.33. The van der Waals surface area contributed by atoms with Crippen molar-refractivity contribution in [3.63, 3.8) is 0 Å². The van der Waals surface area contributed by atoms with E-state index < -0.39 is 10.0 Å². The monoisotopic (exact) mass is 356 g/mol. The summed E-state index contributed by atoms with van der Waals surface area (Å²) in [4.78, 5) is 4.59. The third-order valence-corrected chi connectivity index (χ3v) is 5.86. The highest BCUT2D eigenvalue weighted by Crippen LogP contribution is 2.26. The summed E-state index contributed by atoms with van der Waals surface area (Å²) in [7, 11) is -3.60. The fraction of sp³-hybridized carbons (Fsp3) is 0.357. The lowest BCUT2D eigenvalue weighted by Gasteiger charge is -2.12. The van der Waals surface area contributed by atoms with E-state index in [2.05, 4.69) is 20.9 Å². The Hall–Kier alpha value is -1.14. The molecule has 0 saturated heterocycles. The van der Waals surface area contributed by atoms with Crippen LogP contribution in [0.15, 0.2) is 27.7 Å². The van der Waals surface area contributed by atoms with Crippen molar-refractivity contribution in [1.29, 1.82) is 0 Å². The van der Waals surface area contributed by atoms with Crippen molar-refractivity contribution in [2.45, 2.75) is 39.0 Å². The third-order valence-electron chi connectivity index (χ3n) is 3.17. The van der Waals surface area contributed by atoms with Crippen LogP contribution in [0.3, 0.4) is 0 Å². The summed E-state index contributed by atoms with van der Waals surface area (Å²) in [5.74, 6) is 0.558. The molecule has 0 aliphatic carbocycles. The molecule has 0 fully saturated rings. The van der Waals surface area contributed by atoms with Gasteiger partial charge in [-0.2, -0.15) is 0 Å². The minimum absolute atomic E-state index is 0.324. The molecule has 4 nitrogen and oxygen atoms in total. The number of imidazole rings is 1. The molecule has 0 aliphatic rings. The lowest BCUT2D eigenvalue weighted by atomic mass is 10.2. The highest BCUT2D eigenvalue weighted by atomic mass is 79.9. The van der Waals surface area contributed by atoms with Crippen molar-refractivity contribution in [3.8, 4) is 0 Å². The molecule has 0 unspecified atom stereocenters. The number of hydrogen-bond donors (Lipinski definition) is 0. The molecule has 0 spiro atoms. The van der Waals surface area contributed by atoms with Crippen molar-refractivity contribution in [1.82, 2.24) is 8.96 Å². The zero-order chi connectivity index (χ0) is 15.1. The van der Waals surface area contributed by atoms with Crippen LogP contribution < -0.4 is 0 Å². The zero-order valence-electron chi connectivity index (χ0n) is 11.9. The van der Waals surface area contributed by atoms with E-state index in [9.17, 15) is 8.42 Å². The summed E-state index contributed by atoms with van der Waals surface area (Å²) >= 11 is 3.42. The normalized spacial score (nSPS) is 11.8. The maximum Gasteiger partial charge on any atom is 0.269 e. The second-order valence-corrected chi connectivity index (χ2v) is 7.46. The van der Waals surface area contributed by atoms with Gasteiger partial charge < -0.3 is 0 Å². The Morgan fingerprint density at radius 2 is 1.85 bits per heavy atom. The van der Waals surface area contributed by atoms with E-state index in [0.29, 0.717) is 22.8 Å². The van der Waals surface area contributed by atoms with Crippen LogP contribution in [-0.2, 0) is 16.4 Å². The van der Waals surface area contributed by atoms with Crippen LogP contribution in [0.4, 0.5) is 0 Å². The summed E-state index contributed by atoms with van der Waals surface area (Å²) < 4.78 is 27.8. The highest BCUT2D eigenvalue weighted by molar-refractivity contribution is 9.10. The molecule has 0 saturated carbocycles. The van der Waals surface area contributed by atoms with Gasteiger partial charge >= 0.3 is 0 Å². The summed E-state index contributed by atoms with van der Waals surface area (Å²) in [5, 5.41) is 0. The van der Waals surface area contributed by atoms with Gasteiger partial charge in [0, 0.05) is 17.1 Å². The van der Waals surface area contributed by atoms with E-state index in [0.717, 1.165) is 15.6 Å². The number of aryl methyl sites for hydroxylation is 4. The molecule has 1 aromatic heterocycles. The zero-order valence-corrected chi connectivity index (χ0v) is 14.3. The molecule has 0 radical (unpaired) electrons. The SMILES string of the molecule is CCc1nc(C)cn1S(=O)(=O)c1cc(C)c(Br)cc1C. The van der Waals surface area contributed by atoms with Crippen molar-refractivity contribution >= 4 is 26.0 Å². The fourth-order valence-corrected chi connectivity index (χ4v) is 4.31. The smallest absolute Gasteiger partial charge is 0.238 e. The number of hydrogen-bond acceptors (Lipinski definition) is 3. The average molecular weight is 357 g/mol. The maximum atomic E-state index is 12.8. The van der Waals surface area contributed by atoms with Crippen molar-refractivity contribution in [2.24, 2.45) is 0 Å². The van der Waals surface area contributed by atoms with Crippen LogP contribution in [0.25, 0.3) is 0 Å². The van der Waals surface area contributed by atoms with Crippen LogP contribution in [0.1, 0.15) is 29.6 Å². The summed E-state index contributed by atoms with van der Waals surface area (Å²) in [6, 6.07) is 3.53. The Bertz CT molecular complexity index is 764. The lowest BCUT2D eigenvalue weighted by molar-refractivity contribution is 0.584. The highest BCUT2D eigenvalue weighted by Gasteiger charge is 2.23. The standard InChI is InChI=1S/C14H17BrN2O2S/c1-5-14-16-11(4)8-17(14)20(18,19)13-7-9(2)12(15)6-10(13)3/h6-8H,5H2,1-4H3. The number of aromatic nitrogens is 2. The minimum Gasteiger partial charge on any atom is -0.238 e. The van der Waals surface area contributed by atoms with Crippen LogP contribution in [0.2, 0.25) is 0 Å². The van der Waals surface area contributed by atoms with Crippen molar-refractivity contribution in [2.75, 3.05) is 0 Å². The maximum absolute atomic E-state index is 12.8. The first-order valence-electron chi connectivity index (χ1n) is 6.34. The summed E-state index contributed by atoms with van der Waals surface area (Å²) in [6.07, 6.45) is 2.15. The number of halogens is 1. The molecule has 0 amide bonds. The molecule has 2 aromatic rings. The average Bonchev–Trinajstić information content (AvgIpc) is 2.75. The predicted octanol–water partition coefficient (Wildman–Crippen LogP) is 3.37. The Labute approximate surface area is 128 Å². The largest absolute Gasteiger partial charge is 0.269 e. The van der Waals surface area contributed by atoms with Gasteiger partial charge in [0.05, 0.1) is 10.6 Å². The summed E-state index contributed by atoms with van der Waals surface area (Å²) in [5.41, 5.74) is 2.32. The lowest BCUT2D eigenvalue weighted by Crippen LogP contribution is -2.16. The quantitative estimate of drug-likeness (QED) is 0.846. The molecular formula is C14H17BrN2O2S. The Balaban J connectivity index is 2.70. The first kappa shape index (κ1) is 15.3. The second-order valence-electron chi connectivity index (χ2n) is 4.82. The van der Waals surface area contributed by atoms with Gasteiger partial charge in [0.1, 0.15) is 5.82 Å². The molecule has 1 heterocycles. The third kappa shape index (κ3) is 2.54. The van der Waals surface area contributed by atoms with Crippen molar-refractivity contribution in [3.05, 3.63) is 45.4 Å². The van der Waals surface area contributed by atoms with Gasteiger partial charge in [0.25, 0.3) is 10.0 Å². The molecule has 108 valence electrons. The van der Waals surface area contributed by atoms with Gasteiger partial charge in [0.2, 0.25) is 0 Å². The first-order valence-corrected chi connectivity index (χ1v) is 8.58. The molecule has 6 heteroatoms. The van der Waals surface area contributed by atoms with E-state index in [1.807, 2.05) is 19.9 Å². The number of rotatable bonds is 3. The topological polar surface area (TPSA) is 52.0 Å². The summed E-state index contributed by atoms with van der Waals surface area (Å²) in [6.45, 7) is 7.37. The molecule has 1 aromatic carbocycles. The molecule has 0 aliphatic heterocycles. The van der Waals surface area contributed by atoms with Crippen LogP contribution >= 0.6 is 15.9 Å². The van der Waals surface area contributed by atoms with Gasteiger partial charge in [-0.1, -0.05) is 22.9 Å². The van der Waals surface area contributed by atoms with Gasteiger partial charge in [-0.05, 0) is 44.0 Å². The number of nitrogens with zero attached hydrogens (tertiary/aromatic N) is 2. The molecule has 20 heavy (non-hydrogen) atoms. The Morgan fingerprint density at radius 3 is 2.45 bits per heavy atom. The first-order chi connectivity index (χ1) is 9.27. The fourth-order valence-electron chi connectivity index (χ4n) is 2.11. The van der Waals surface area contributed by atoms with Crippen molar-refractivity contribution < 1.29 is 8.42 Å². The predicted molar refractivity (Wildman–Crippen MR) is 82.5 cm³/mol. The van der Waals surface area contributed by atoms with E-state index in [1.54, 1.807) is 26.1 Å². The molecule has 0 N–H and O–H groups in total. The van der Waals surface area contributed by atoms with E-state index >= 15 is 0 Å². The van der Waals surface area contributed by atoms with E-state index in [1.165, 1.54) is 3.97 Å². The van der Waals surface area contributed by atoms with Gasteiger partial charge in [0.15, 0.2) is 0 Å².